The van der Waals surface area contributed by atoms with Gasteiger partial charge in [-0.1, -0.05) is 12.1 Å². The largest absolute Gasteiger partial charge is 0.375 e. The summed E-state index contributed by atoms with van der Waals surface area (Å²) in [6, 6.07) is 4.64. The minimum atomic E-state index is -0.332. The monoisotopic (exact) mass is 314 g/mol. The van der Waals surface area contributed by atoms with E-state index in [4.69, 9.17) is 4.74 Å². The van der Waals surface area contributed by atoms with Crippen LogP contribution in [0.4, 0.5) is 4.39 Å². The van der Waals surface area contributed by atoms with E-state index in [1.807, 2.05) is 13.0 Å². The summed E-state index contributed by atoms with van der Waals surface area (Å²) in [4.78, 5) is 12.3. The number of fused-ring (bicyclic) bond motifs is 1. The van der Waals surface area contributed by atoms with Gasteiger partial charge in [-0.05, 0) is 37.0 Å². The van der Waals surface area contributed by atoms with Gasteiger partial charge in [0.25, 0.3) is 0 Å². The molecule has 1 aromatic rings. The number of ether oxygens (including phenoxy) is 1. The highest BCUT2D eigenvalue weighted by Gasteiger charge is 2.32. The molecule has 1 unspecified atom stereocenters. The lowest BCUT2D eigenvalue weighted by molar-refractivity contribution is -0.129. The number of hydrogen-bond acceptors (Lipinski definition) is 3. The van der Waals surface area contributed by atoms with Gasteiger partial charge in [-0.25, -0.2) is 4.39 Å². The Kier molecular flexibility index (Phi) is 5.19. The van der Waals surface area contributed by atoms with E-state index >= 15 is 0 Å². The molecule has 0 radical (unpaired) electrons. The normalized spacial score (nSPS) is 27.6. The molecule has 1 aliphatic heterocycles. The van der Waals surface area contributed by atoms with Crippen LogP contribution >= 0.6 is 12.4 Å². The topological polar surface area (TPSA) is 50.4 Å². The number of carbonyl (C=O) groups is 1. The Bertz CT molecular complexity index is 526. The van der Waals surface area contributed by atoms with Crippen LogP contribution in [0, 0.1) is 5.82 Å². The molecule has 3 atom stereocenters. The first-order chi connectivity index (χ1) is 9.66. The second kappa shape index (κ2) is 6.73. The molecule has 1 heterocycles. The standard InChI is InChI=1S/C15H19FN2O2.ClH/c1-9-14(17-7-8-20-9)15(19)18-13-6-5-10-11(13)3-2-4-12(10)16;/h2-4,9,13-14,17H,5-8H2,1H3,(H,18,19);1H/t9-,13?,14+;/m1./s1. The van der Waals surface area contributed by atoms with Crippen molar-refractivity contribution in [2.45, 2.75) is 38.0 Å². The van der Waals surface area contributed by atoms with Crippen LogP contribution in [0.3, 0.4) is 0 Å². The molecule has 0 bridgehead atoms. The van der Waals surface area contributed by atoms with Crippen molar-refractivity contribution in [1.82, 2.24) is 10.6 Å². The van der Waals surface area contributed by atoms with Gasteiger partial charge in [0, 0.05) is 6.54 Å². The molecule has 0 saturated carbocycles. The van der Waals surface area contributed by atoms with Crippen LogP contribution in [0.1, 0.15) is 30.5 Å². The SMILES string of the molecule is C[C@H]1OCCN[C@@H]1C(=O)NC1CCc2c(F)cccc21.Cl. The third-order valence-electron chi connectivity index (χ3n) is 4.13. The van der Waals surface area contributed by atoms with Crippen LogP contribution in [0.25, 0.3) is 0 Å². The van der Waals surface area contributed by atoms with Crippen molar-refractivity contribution < 1.29 is 13.9 Å². The Balaban J connectivity index is 0.00000161. The van der Waals surface area contributed by atoms with Gasteiger partial charge in [0.1, 0.15) is 11.9 Å². The Morgan fingerprint density at radius 1 is 1.48 bits per heavy atom. The average Bonchev–Trinajstić information content (AvgIpc) is 2.84. The van der Waals surface area contributed by atoms with Crippen molar-refractivity contribution in [1.29, 1.82) is 0 Å². The summed E-state index contributed by atoms with van der Waals surface area (Å²) in [5.74, 6) is -0.244. The first kappa shape index (κ1) is 16.2. The Hall–Kier alpha value is -1.17. The summed E-state index contributed by atoms with van der Waals surface area (Å²) in [5, 5.41) is 6.18. The molecule has 0 spiro atoms. The first-order valence-corrected chi connectivity index (χ1v) is 7.09. The molecule has 6 heteroatoms. The third kappa shape index (κ3) is 3.20. The molecular weight excluding hydrogens is 295 g/mol. The van der Waals surface area contributed by atoms with E-state index in [1.165, 1.54) is 6.07 Å². The van der Waals surface area contributed by atoms with Crippen molar-refractivity contribution in [3.05, 3.63) is 35.1 Å². The summed E-state index contributed by atoms with van der Waals surface area (Å²) < 4.78 is 19.2. The summed E-state index contributed by atoms with van der Waals surface area (Å²) >= 11 is 0. The van der Waals surface area contributed by atoms with Crippen molar-refractivity contribution in [2.24, 2.45) is 0 Å². The van der Waals surface area contributed by atoms with Crippen LogP contribution in [0.15, 0.2) is 18.2 Å². The average molecular weight is 315 g/mol. The Morgan fingerprint density at radius 2 is 2.29 bits per heavy atom. The highest BCUT2D eigenvalue weighted by Crippen LogP contribution is 2.32. The summed E-state index contributed by atoms with van der Waals surface area (Å²) in [7, 11) is 0. The van der Waals surface area contributed by atoms with Gasteiger partial charge in [0.15, 0.2) is 0 Å². The van der Waals surface area contributed by atoms with Crippen LogP contribution in [0.5, 0.6) is 0 Å². The second-order valence-electron chi connectivity index (χ2n) is 5.42. The van der Waals surface area contributed by atoms with E-state index in [2.05, 4.69) is 10.6 Å². The summed E-state index contributed by atoms with van der Waals surface area (Å²) in [6.07, 6.45) is 1.29. The lowest BCUT2D eigenvalue weighted by Gasteiger charge is -2.30. The third-order valence-corrected chi connectivity index (χ3v) is 4.13. The fraction of sp³-hybridized carbons (Fsp3) is 0.533. The van der Waals surface area contributed by atoms with Gasteiger partial charge < -0.3 is 15.4 Å². The van der Waals surface area contributed by atoms with Crippen molar-refractivity contribution >= 4 is 18.3 Å². The molecule has 2 aliphatic rings. The zero-order valence-corrected chi connectivity index (χ0v) is 12.7. The molecule has 1 aliphatic carbocycles. The van der Waals surface area contributed by atoms with Crippen LogP contribution in [-0.4, -0.2) is 31.2 Å². The van der Waals surface area contributed by atoms with E-state index in [9.17, 15) is 9.18 Å². The van der Waals surface area contributed by atoms with Gasteiger partial charge >= 0.3 is 0 Å². The highest BCUT2D eigenvalue weighted by molar-refractivity contribution is 5.85. The molecule has 4 nitrogen and oxygen atoms in total. The maximum Gasteiger partial charge on any atom is 0.240 e. The lowest BCUT2D eigenvalue weighted by atomic mass is 10.1. The first-order valence-electron chi connectivity index (χ1n) is 7.09. The fourth-order valence-electron chi connectivity index (χ4n) is 3.05. The van der Waals surface area contributed by atoms with E-state index in [-0.39, 0.29) is 42.3 Å². The van der Waals surface area contributed by atoms with E-state index in [0.717, 1.165) is 17.5 Å². The Morgan fingerprint density at radius 3 is 3.05 bits per heavy atom. The van der Waals surface area contributed by atoms with E-state index in [0.29, 0.717) is 19.6 Å². The summed E-state index contributed by atoms with van der Waals surface area (Å²) in [5.41, 5.74) is 1.64. The molecule has 21 heavy (non-hydrogen) atoms. The second-order valence-corrected chi connectivity index (χ2v) is 5.42. The summed E-state index contributed by atoms with van der Waals surface area (Å²) in [6.45, 7) is 3.19. The van der Waals surface area contributed by atoms with Gasteiger partial charge in [-0.15, -0.1) is 12.4 Å². The molecule has 1 saturated heterocycles. The number of hydrogen-bond donors (Lipinski definition) is 2. The minimum absolute atomic E-state index is 0. The zero-order chi connectivity index (χ0) is 14.1. The predicted octanol–water partition coefficient (Wildman–Crippen LogP) is 1.73. The number of benzene rings is 1. The lowest BCUT2D eigenvalue weighted by Crippen LogP contribution is -2.55. The van der Waals surface area contributed by atoms with Gasteiger partial charge in [0.2, 0.25) is 5.91 Å². The molecule has 2 N–H and O–H groups in total. The number of amides is 1. The van der Waals surface area contributed by atoms with E-state index < -0.39 is 0 Å². The van der Waals surface area contributed by atoms with Crippen LogP contribution in [0.2, 0.25) is 0 Å². The fourth-order valence-corrected chi connectivity index (χ4v) is 3.05. The number of morpholine rings is 1. The highest BCUT2D eigenvalue weighted by atomic mass is 35.5. The molecule has 3 rings (SSSR count). The zero-order valence-electron chi connectivity index (χ0n) is 11.9. The predicted molar refractivity (Wildman–Crippen MR) is 80.1 cm³/mol. The number of rotatable bonds is 2. The number of halogens is 2. The quantitative estimate of drug-likeness (QED) is 0.874. The molecule has 0 aromatic heterocycles. The number of nitrogens with one attached hydrogen (secondary N) is 2. The minimum Gasteiger partial charge on any atom is -0.375 e. The molecular formula is C15H20ClFN2O2. The molecule has 1 fully saturated rings. The van der Waals surface area contributed by atoms with Gasteiger partial charge in [-0.3, -0.25) is 4.79 Å². The smallest absolute Gasteiger partial charge is 0.240 e. The molecule has 116 valence electrons. The van der Waals surface area contributed by atoms with Crippen LogP contribution < -0.4 is 10.6 Å². The van der Waals surface area contributed by atoms with Crippen LogP contribution in [-0.2, 0) is 16.0 Å². The van der Waals surface area contributed by atoms with Crippen molar-refractivity contribution in [2.75, 3.05) is 13.2 Å². The molecule has 1 aromatic carbocycles. The molecule has 1 amide bonds. The van der Waals surface area contributed by atoms with Gasteiger partial charge in [0.05, 0.1) is 18.8 Å². The van der Waals surface area contributed by atoms with E-state index in [1.54, 1.807) is 6.07 Å². The van der Waals surface area contributed by atoms with Crippen molar-refractivity contribution in [3.63, 3.8) is 0 Å². The van der Waals surface area contributed by atoms with Gasteiger partial charge in [-0.2, -0.15) is 0 Å². The number of carbonyl (C=O) groups excluding carboxylic acids is 1. The maximum atomic E-state index is 13.7. The van der Waals surface area contributed by atoms with Crippen molar-refractivity contribution in [3.8, 4) is 0 Å². The maximum absolute atomic E-state index is 13.7. The Labute approximate surface area is 129 Å².